The first-order chi connectivity index (χ1) is 7.82. The van der Waals surface area contributed by atoms with Crippen molar-refractivity contribution < 1.29 is 4.79 Å². The molecular weight excluding hydrogens is 214 g/mol. The summed E-state index contributed by atoms with van der Waals surface area (Å²) in [6.45, 7) is 14.3. The van der Waals surface area contributed by atoms with Gasteiger partial charge in [-0.05, 0) is 27.7 Å². The number of carbonyl (C=O) groups is 1. The van der Waals surface area contributed by atoms with Crippen molar-refractivity contribution in [1.82, 2.24) is 15.5 Å². The van der Waals surface area contributed by atoms with E-state index in [2.05, 4.69) is 43.2 Å². The van der Waals surface area contributed by atoms with Gasteiger partial charge in [-0.15, -0.1) is 0 Å². The van der Waals surface area contributed by atoms with Crippen LogP contribution in [0.25, 0.3) is 0 Å². The van der Waals surface area contributed by atoms with Crippen molar-refractivity contribution in [1.29, 1.82) is 0 Å². The molecule has 0 aromatic rings. The number of hydrogen-bond acceptors (Lipinski definition) is 4. The summed E-state index contributed by atoms with van der Waals surface area (Å²) in [7, 11) is 0. The maximum atomic E-state index is 11.7. The van der Waals surface area contributed by atoms with E-state index in [-0.39, 0.29) is 5.92 Å². The number of Topliss-reactive ketones (excluding diaryl/α,β-unsaturated/α-hetero) is 1. The molecule has 0 amide bonds. The summed E-state index contributed by atoms with van der Waals surface area (Å²) in [6, 6.07) is 0.872. The first-order valence-corrected chi connectivity index (χ1v) is 6.54. The van der Waals surface area contributed by atoms with Gasteiger partial charge in [0.2, 0.25) is 0 Å². The molecule has 0 bridgehead atoms. The number of nitrogens with one attached hydrogen (secondary N) is 2. The Labute approximate surface area is 106 Å². The van der Waals surface area contributed by atoms with E-state index in [0.717, 1.165) is 13.3 Å². The Balaban J connectivity index is 4.14. The molecule has 0 aliphatic rings. The minimum Gasteiger partial charge on any atom is -0.302 e. The summed E-state index contributed by atoms with van der Waals surface area (Å²) in [5.74, 6) is 0.400. The van der Waals surface area contributed by atoms with Crippen LogP contribution in [0.15, 0.2) is 0 Å². The fraction of sp³-hybridized carbons (Fsp3) is 0.923. The topological polar surface area (TPSA) is 44.4 Å². The summed E-state index contributed by atoms with van der Waals surface area (Å²) in [6.07, 6.45) is 0. The van der Waals surface area contributed by atoms with Gasteiger partial charge in [-0.1, -0.05) is 13.8 Å². The van der Waals surface area contributed by atoms with E-state index in [1.54, 1.807) is 0 Å². The highest BCUT2D eigenvalue weighted by atomic mass is 16.1. The largest absolute Gasteiger partial charge is 0.302 e. The Morgan fingerprint density at radius 2 is 1.35 bits per heavy atom. The normalized spacial score (nSPS) is 12.1. The summed E-state index contributed by atoms with van der Waals surface area (Å²) in [5.41, 5.74) is 0. The zero-order valence-electron chi connectivity index (χ0n) is 12.2. The Morgan fingerprint density at radius 3 is 1.65 bits per heavy atom. The molecule has 0 aliphatic carbocycles. The smallest absolute Gasteiger partial charge is 0.149 e. The average Bonchev–Trinajstić information content (AvgIpc) is 2.21. The second kappa shape index (κ2) is 8.61. The predicted molar refractivity (Wildman–Crippen MR) is 72.8 cm³/mol. The molecule has 2 N–H and O–H groups in total. The van der Waals surface area contributed by atoms with Crippen molar-refractivity contribution in [2.24, 2.45) is 5.92 Å². The molecule has 0 aromatic heterocycles. The Bertz CT molecular complexity index is 203. The lowest BCUT2D eigenvalue weighted by Crippen LogP contribution is -2.46. The predicted octanol–water partition coefficient (Wildman–Crippen LogP) is 1.42. The second-order valence-electron chi connectivity index (χ2n) is 5.48. The molecule has 0 unspecified atom stereocenters. The van der Waals surface area contributed by atoms with Gasteiger partial charge in [0.05, 0.1) is 6.54 Å². The second-order valence-corrected chi connectivity index (χ2v) is 5.48. The fourth-order valence-electron chi connectivity index (χ4n) is 1.19. The highest BCUT2D eigenvalue weighted by molar-refractivity contribution is 5.82. The van der Waals surface area contributed by atoms with Crippen LogP contribution in [0.2, 0.25) is 0 Å². The molecule has 0 fully saturated rings. The Morgan fingerprint density at radius 1 is 0.941 bits per heavy atom. The summed E-state index contributed by atoms with van der Waals surface area (Å²) in [5, 5.41) is 6.69. The van der Waals surface area contributed by atoms with Crippen LogP contribution < -0.4 is 10.6 Å². The minimum atomic E-state index is 0.107. The third-order valence-corrected chi connectivity index (χ3v) is 2.47. The zero-order valence-corrected chi connectivity index (χ0v) is 12.2. The van der Waals surface area contributed by atoms with Gasteiger partial charge in [-0.25, -0.2) is 0 Å². The molecule has 0 atom stereocenters. The first kappa shape index (κ1) is 16.6. The van der Waals surface area contributed by atoms with E-state index < -0.39 is 0 Å². The van der Waals surface area contributed by atoms with Crippen molar-refractivity contribution in [3.8, 4) is 0 Å². The van der Waals surface area contributed by atoms with Crippen LogP contribution in [0.4, 0.5) is 0 Å². The van der Waals surface area contributed by atoms with Crippen molar-refractivity contribution in [3.05, 3.63) is 0 Å². The maximum absolute atomic E-state index is 11.7. The highest BCUT2D eigenvalue weighted by Crippen LogP contribution is 1.97. The summed E-state index contributed by atoms with van der Waals surface area (Å²) < 4.78 is 0. The van der Waals surface area contributed by atoms with Crippen LogP contribution in [-0.2, 0) is 4.79 Å². The lowest BCUT2D eigenvalue weighted by Gasteiger charge is -2.25. The van der Waals surface area contributed by atoms with Gasteiger partial charge in [0.1, 0.15) is 5.78 Å². The van der Waals surface area contributed by atoms with Crippen molar-refractivity contribution >= 4 is 5.78 Å². The molecule has 0 rings (SSSR count). The number of nitrogens with zero attached hydrogens (tertiary/aromatic N) is 1. The minimum absolute atomic E-state index is 0.107. The van der Waals surface area contributed by atoms with Gasteiger partial charge in [0.25, 0.3) is 0 Å². The number of rotatable bonds is 9. The van der Waals surface area contributed by atoms with Crippen LogP contribution in [0, 0.1) is 5.92 Å². The zero-order chi connectivity index (χ0) is 13.4. The van der Waals surface area contributed by atoms with Crippen LogP contribution in [0.3, 0.4) is 0 Å². The van der Waals surface area contributed by atoms with Gasteiger partial charge < -0.3 is 10.6 Å². The first-order valence-electron chi connectivity index (χ1n) is 6.54. The molecule has 0 saturated heterocycles. The van der Waals surface area contributed by atoms with Gasteiger partial charge in [-0.3, -0.25) is 9.69 Å². The molecule has 0 radical (unpaired) electrons. The molecule has 0 saturated carbocycles. The van der Waals surface area contributed by atoms with Crippen LogP contribution >= 0.6 is 0 Å². The molecule has 0 aliphatic heterocycles. The number of carbonyl (C=O) groups excluding carboxylic acids is 1. The molecule has 17 heavy (non-hydrogen) atoms. The monoisotopic (exact) mass is 243 g/mol. The van der Waals surface area contributed by atoms with E-state index in [0.29, 0.717) is 24.4 Å². The van der Waals surface area contributed by atoms with E-state index in [1.807, 2.05) is 13.8 Å². The average molecular weight is 243 g/mol. The van der Waals surface area contributed by atoms with Crippen LogP contribution in [-0.4, -0.2) is 42.6 Å². The van der Waals surface area contributed by atoms with Gasteiger partial charge >= 0.3 is 0 Å². The van der Waals surface area contributed by atoms with E-state index in [9.17, 15) is 4.79 Å². The molecule has 102 valence electrons. The lowest BCUT2D eigenvalue weighted by molar-refractivity contribution is -0.123. The number of hydrogen-bond donors (Lipinski definition) is 2. The van der Waals surface area contributed by atoms with Gasteiger partial charge in [-0.2, -0.15) is 0 Å². The van der Waals surface area contributed by atoms with Crippen molar-refractivity contribution in [3.63, 3.8) is 0 Å². The summed E-state index contributed by atoms with van der Waals surface area (Å²) >= 11 is 0. The van der Waals surface area contributed by atoms with E-state index in [1.165, 1.54) is 0 Å². The van der Waals surface area contributed by atoms with Gasteiger partial charge in [0.15, 0.2) is 0 Å². The van der Waals surface area contributed by atoms with E-state index in [4.69, 9.17) is 0 Å². The molecular formula is C13H29N3O. The van der Waals surface area contributed by atoms with Crippen molar-refractivity contribution in [2.45, 2.75) is 53.6 Å². The van der Waals surface area contributed by atoms with Crippen LogP contribution in [0.5, 0.6) is 0 Å². The Hall–Kier alpha value is -0.450. The SMILES string of the molecule is CC(C)NCN(CNC(C)C)CC(=O)C(C)C. The molecule has 4 heteroatoms. The molecule has 0 aromatic carbocycles. The summed E-state index contributed by atoms with van der Waals surface area (Å²) in [4.78, 5) is 13.9. The Kier molecular flexibility index (Phi) is 8.39. The standard InChI is InChI=1S/C13H29N3O/c1-10(2)13(17)7-16(8-14-11(3)4)9-15-12(5)6/h10-12,14-15H,7-9H2,1-6H3. The molecule has 0 spiro atoms. The fourth-order valence-corrected chi connectivity index (χ4v) is 1.19. The number of ketones is 1. The molecule has 0 heterocycles. The quantitative estimate of drug-likeness (QED) is 0.601. The van der Waals surface area contributed by atoms with Crippen LogP contribution in [0.1, 0.15) is 41.5 Å². The van der Waals surface area contributed by atoms with Gasteiger partial charge in [0, 0.05) is 31.3 Å². The third kappa shape index (κ3) is 9.27. The molecule has 4 nitrogen and oxygen atoms in total. The van der Waals surface area contributed by atoms with E-state index >= 15 is 0 Å². The van der Waals surface area contributed by atoms with Crippen molar-refractivity contribution in [2.75, 3.05) is 19.9 Å². The third-order valence-electron chi connectivity index (χ3n) is 2.47. The highest BCUT2D eigenvalue weighted by Gasteiger charge is 2.13. The lowest BCUT2D eigenvalue weighted by atomic mass is 10.1. The maximum Gasteiger partial charge on any atom is 0.149 e.